The molecule has 0 aromatic carbocycles. The number of carbonyl (C=O) groups excluding carboxylic acids is 1. The van der Waals surface area contributed by atoms with Crippen LogP contribution in [-0.4, -0.2) is 22.8 Å². The maximum absolute atomic E-state index is 10.5. The van der Waals surface area contributed by atoms with Gasteiger partial charge in [-0.3, -0.25) is 4.79 Å². The molecule has 0 aromatic rings. The highest BCUT2D eigenvalue weighted by Gasteiger charge is 2.28. The van der Waals surface area contributed by atoms with Crippen LogP contribution in [0.1, 0.15) is 20.3 Å². The Balaban J connectivity index is 2.44. The third-order valence-corrected chi connectivity index (χ3v) is 1.60. The van der Waals surface area contributed by atoms with E-state index in [9.17, 15) is 9.90 Å². The molecule has 3 nitrogen and oxygen atoms in total. The van der Waals surface area contributed by atoms with Gasteiger partial charge in [-0.1, -0.05) is 6.08 Å². The smallest absolute Gasteiger partial charge is 0.303 e. The second kappa shape index (κ2) is 2.66. The lowest BCUT2D eigenvalue weighted by atomic mass is 10.1. The fourth-order valence-electron chi connectivity index (χ4n) is 1.15. The minimum absolute atomic E-state index is 0.248. The van der Waals surface area contributed by atoms with Crippen LogP contribution in [0.15, 0.2) is 12.2 Å². The average Bonchev–Trinajstić information content (AvgIpc) is 2.08. The molecule has 11 heavy (non-hydrogen) atoms. The van der Waals surface area contributed by atoms with Crippen molar-refractivity contribution >= 4 is 5.97 Å². The Morgan fingerprint density at radius 1 is 1.82 bits per heavy atom. The molecule has 1 aliphatic carbocycles. The zero-order valence-electron chi connectivity index (χ0n) is 6.70. The van der Waals surface area contributed by atoms with Crippen molar-refractivity contribution in [3.8, 4) is 0 Å². The predicted molar refractivity (Wildman–Crippen MR) is 39.9 cm³/mol. The highest BCUT2D eigenvalue weighted by molar-refractivity contribution is 5.66. The van der Waals surface area contributed by atoms with Gasteiger partial charge >= 0.3 is 5.97 Å². The van der Waals surface area contributed by atoms with Crippen LogP contribution in [0.25, 0.3) is 0 Å². The summed E-state index contributed by atoms with van der Waals surface area (Å²) >= 11 is 0. The molecule has 0 bridgehead atoms. The summed E-state index contributed by atoms with van der Waals surface area (Å²) in [6, 6.07) is 0. The Morgan fingerprint density at radius 3 is 2.82 bits per heavy atom. The number of esters is 1. The van der Waals surface area contributed by atoms with E-state index in [1.165, 1.54) is 6.92 Å². The molecular weight excluding hydrogens is 144 g/mol. The minimum Gasteiger partial charge on any atom is -0.458 e. The number of carbonyl (C=O) groups is 1. The first-order valence-corrected chi connectivity index (χ1v) is 3.58. The van der Waals surface area contributed by atoms with Crippen molar-refractivity contribution in [2.45, 2.75) is 32.0 Å². The van der Waals surface area contributed by atoms with E-state index in [1.807, 2.05) is 0 Å². The number of aliphatic hydroxyl groups is 1. The lowest BCUT2D eigenvalue weighted by molar-refractivity contribution is -0.145. The van der Waals surface area contributed by atoms with Gasteiger partial charge in [0.1, 0.15) is 6.10 Å². The molecule has 0 saturated heterocycles. The Bertz CT molecular complexity index is 194. The summed E-state index contributed by atoms with van der Waals surface area (Å²) in [5, 5.41) is 9.40. The molecule has 0 radical (unpaired) electrons. The molecule has 0 amide bonds. The van der Waals surface area contributed by atoms with Crippen molar-refractivity contribution in [1.29, 1.82) is 0 Å². The maximum Gasteiger partial charge on any atom is 0.303 e. The van der Waals surface area contributed by atoms with Crippen LogP contribution in [0.3, 0.4) is 0 Å². The molecule has 1 N–H and O–H groups in total. The first-order valence-electron chi connectivity index (χ1n) is 3.58. The van der Waals surface area contributed by atoms with Gasteiger partial charge < -0.3 is 9.84 Å². The van der Waals surface area contributed by atoms with Gasteiger partial charge in [-0.15, -0.1) is 0 Å². The number of rotatable bonds is 1. The van der Waals surface area contributed by atoms with Crippen LogP contribution >= 0.6 is 0 Å². The molecule has 0 aromatic heterocycles. The van der Waals surface area contributed by atoms with Gasteiger partial charge in [0.05, 0.1) is 5.60 Å². The van der Waals surface area contributed by atoms with Crippen molar-refractivity contribution < 1.29 is 14.6 Å². The van der Waals surface area contributed by atoms with Crippen molar-refractivity contribution in [2.24, 2.45) is 0 Å². The SMILES string of the molecule is CC(=O)OC1C=CC(C)(O)C1. The molecule has 3 heteroatoms. The topological polar surface area (TPSA) is 46.5 Å². The van der Waals surface area contributed by atoms with Crippen LogP contribution in [0.2, 0.25) is 0 Å². The molecule has 0 aliphatic heterocycles. The average molecular weight is 156 g/mol. The predicted octanol–water partition coefficient (Wildman–Crippen LogP) is 0.629. The molecule has 0 spiro atoms. The third kappa shape index (κ3) is 2.35. The number of ether oxygens (including phenoxy) is 1. The van der Waals surface area contributed by atoms with Gasteiger partial charge in [0.25, 0.3) is 0 Å². The molecule has 2 unspecified atom stereocenters. The van der Waals surface area contributed by atoms with Crippen LogP contribution in [0, 0.1) is 0 Å². The Labute approximate surface area is 65.7 Å². The zero-order chi connectivity index (χ0) is 8.48. The summed E-state index contributed by atoms with van der Waals surface area (Å²) in [7, 11) is 0. The van der Waals surface area contributed by atoms with E-state index < -0.39 is 5.60 Å². The van der Waals surface area contributed by atoms with Crippen LogP contribution in [-0.2, 0) is 9.53 Å². The summed E-state index contributed by atoms with van der Waals surface area (Å²) in [5.41, 5.74) is -0.805. The molecule has 1 rings (SSSR count). The molecular formula is C8H12O3. The van der Waals surface area contributed by atoms with Gasteiger partial charge in [-0.05, 0) is 13.0 Å². The van der Waals surface area contributed by atoms with Crippen molar-refractivity contribution in [3.63, 3.8) is 0 Å². The highest BCUT2D eigenvalue weighted by atomic mass is 16.5. The van der Waals surface area contributed by atoms with Gasteiger partial charge in [0.15, 0.2) is 0 Å². The van der Waals surface area contributed by atoms with Crippen LogP contribution < -0.4 is 0 Å². The molecule has 1 aliphatic rings. The molecule has 0 fully saturated rings. The normalized spacial score (nSPS) is 35.7. The first kappa shape index (κ1) is 8.27. The van der Waals surface area contributed by atoms with E-state index in [0.717, 1.165) is 0 Å². The number of hydrogen-bond donors (Lipinski definition) is 1. The van der Waals surface area contributed by atoms with Crippen molar-refractivity contribution in [1.82, 2.24) is 0 Å². The molecule has 0 saturated carbocycles. The number of hydrogen-bond acceptors (Lipinski definition) is 3. The fraction of sp³-hybridized carbons (Fsp3) is 0.625. The Morgan fingerprint density at radius 2 is 2.45 bits per heavy atom. The Hall–Kier alpha value is -0.830. The summed E-state index contributed by atoms with van der Waals surface area (Å²) in [5.74, 6) is -0.308. The quantitative estimate of drug-likeness (QED) is 0.447. The minimum atomic E-state index is -0.805. The first-order chi connectivity index (χ1) is 4.99. The molecule has 62 valence electrons. The van der Waals surface area contributed by atoms with E-state index in [2.05, 4.69) is 0 Å². The van der Waals surface area contributed by atoms with Gasteiger partial charge in [0, 0.05) is 13.3 Å². The highest BCUT2D eigenvalue weighted by Crippen LogP contribution is 2.23. The maximum atomic E-state index is 10.5. The van der Waals surface area contributed by atoms with Gasteiger partial charge in [0.2, 0.25) is 0 Å². The van der Waals surface area contributed by atoms with Crippen molar-refractivity contribution in [2.75, 3.05) is 0 Å². The molecule has 2 atom stereocenters. The summed E-state index contributed by atoms with van der Waals surface area (Å²) < 4.78 is 4.86. The second-order valence-electron chi connectivity index (χ2n) is 3.07. The largest absolute Gasteiger partial charge is 0.458 e. The van der Waals surface area contributed by atoms with E-state index in [4.69, 9.17) is 4.74 Å². The zero-order valence-corrected chi connectivity index (χ0v) is 6.70. The van der Waals surface area contributed by atoms with Crippen LogP contribution in [0.5, 0.6) is 0 Å². The van der Waals surface area contributed by atoms with Crippen LogP contribution in [0.4, 0.5) is 0 Å². The third-order valence-electron chi connectivity index (χ3n) is 1.60. The summed E-state index contributed by atoms with van der Waals surface area (Å²) in [6.07, 6.45) is 3.58. The standard InChI is InChI=1S/C8H12O3/c1-6(9)11-7-3-4-8(2,10)5-7/h3-4,7,10H,5H2,1-2H3. The van der Waals surface area contributed by atoms with Gasteiger partial charge in [-0.2, -0.15) is 0 Å². The van der Waals surface area contributed by atoms with E-state index in [-0.39, 0.29) is 12.1 Å². The second-order valence-corrected chi connectivity index (χ2v) is 3.07. The van der Waals surface area contributed by atoms with Gasteiger partial charge in [-0.25, -0.2) is 0 Å². The molecule has 0 heterocycles. The van der Waals surface area contributed by atoms with Crippen molar-refractivity contribution in [3.05, 3.63) is 12.2 Å². The fourth-order valence-corrected chi connectivity index (χ4v) is 1.15. The van der Waals surface area contributed by atoms with E-state index in [0.29, 0.717) is 6.42 Å². The Kier molecular flexibility index (Phi) is 2.00. The van der Waals surface area contributed by atoms with E-state index >= 15 is 0 Å². The lowest BCUT2D eigenvalue weighted by Gasteiger charge is -2.15. The monoisotopic (exact) mass is 156 g/mol. The van der Waals surface area contributed by atoms with E-state index in [1.54, 1.807) is 19.1 Å². The lowest BCUT2D eigenvalue weighted by Crippen LogP contribution is -2.22. The summed E-state index contributed by atoms with van der Waals surface area (Å²) in [6.45, 7) is 3.05. The summed E-state index contributed by atoms with van der Waals surface area (Å²) in [4.78, 5) is 10.5.